The maximum absolute atomic E-state index is 9.32. The highest BCUT2D eigenvalue weighted by Gasteiger charge is 2.52. The quantitative estimate of drug-likeness (QED) is 0.578. The van der Waals surface area contributed by atoms with Gasteiger partial charge in [0, 0.05) is 0 Å². The zero-order valence-electron chi connectivity index (χ0n) is 7.60. The second-order valence-corrected chi connectivity index (χ2v) is 3.83. The van der Waals surface area contributed by atoms with Crippen LogP contribution >= 0.6 is 0 Å². The van der Waals surface area contributed by atoms with E-state index < -0.39 is 11.8 Å². The van der Waals surface area contributed by atoms with Gasteiger partial charge >= 0.3 is 0 Å². The number of fused-ring (bicyclic) bond motifs is 1. The standard InChI is InChI=1S/C8H12N2O3/c1-8(2)12-6-4-10(11)5(3-9)7(6)13-8/h5-7,11H,4H2,1-2H3/t5-,6+,7-/m1/s1. The van der Waals surface area contributed by atoms with Crippen molar-refractivity contribution in [3.05, 3.63) is 0 Å². The van der Waals surface area contributed by atoms with E-state index in [0.717, 1.165) is 5.06 Å². The van der Waals surface area contributed by atoms with Crippen LogP contribution in [0.25, 0.3) is 0 Å². The van der Waals surface area contributed by atoms with E-state index in [-0.39, 0.29) is 12.2 Å². The molecule has 2 saturated heterocycles. The van der Waals surface area contributed by atoms with Gasteiger partial charge in [0.15, 0.2) is 11.8 Å². The largest absolute Gasteiger partial charge is 0.343 e. The van der Waals surface area contributed by atoms with Crippen molar-refractivity contribution in [3.8, 4) is 6.07 Å². The van der Waals surface area contributed by atoms with Crippen LogP contribution in [0, 0.1) is 11.3 Å². The van der Waals surface area contributed by atoms with Crippen molar-refractivity contribution in [1.82, 2.24) is 5.06 Å². The lowest BCUT2D eigenvalue weighted by molar-refractivity contribution is -0.190. The molecule has 0 aliphatic carbocycles. The van der Waals surface area contributed by atoms with Gasteiger partial charge in [-0.3, -0.25) is 0 Å². The molecule has 1 N–H and O–H groups in total. The van der Waals surface area contributed by atoms with Gasteiger partial charge < -0.3 is 14.7 Å². The third-order valence-electron chi connectivity index (χ3n) is 2.35. The summed E-state index contributed by atoms with van der Waals surface area (Å²) in [6, 6.07) is 1.39. The number of ether oxygens (including phenoxy) is 2. The molecule has 2 aliphatic rings. The fraction of sp³-hybridized carbons (Fsp3) is 0.875. The Balaban J connectivity index is 2.16. The summed E-state index contributed by atoms with van der Waals surface area (Å²) in [6.45, 7) is 3.95. The van der Waals surface area contributed by atoms with E-state index in [4.69, 9.17) is 14.7 Å². The third kappa shape index (κ3) is 1.32. The molecule has 2 heterocycles. The summed E-state index contributed by atoms with van der Waals surface area (Å²) in [6.07, 6.45) is -0.519. The zero-order valence-corrected chi connectivity index (χ0v) is 7.60. The molecular formula is C8H12N2O3. The van der Waals surface area contributed by atoms with Crippen molar-refractivity contribution in [2.75, 3.05) is 6.54 Å². The number of hydrogen-bond donors (Lipinski definition) is 1. The Kier molecular flexibility index (Phi) is 1.82. The SMILES string of the molecule is CC1(C)O[C@H]2[C@H](CN(O)[C@@H]2C#N)O1. The van der Waals surface area contributed by atoms with Crippen LogP contribution in [0.1, 0.15) is 13.8 Å². The molecule has 0 aromatic rings. The molecule has 0 spiro atoms. The molecule has 0 radical (unpaired) electrons. The number of nitriles is 1. The second-order valence-electron chi connectivity index (χ2n) is 3.83. The maximum Gasteiger partial charge on any atom is 0.163 e. The van der Waals surface area contributed by atoms with Crippen LogP contribution in [0.4, 0.5) is 0 Å². The Labute approximate surface area is 76.4 Å². The van der Waals surface area contributed by atoms with Crippen LogP contribution in [0.5, 0.6) is 0 Å². The molecule has 72 valence electrons. The molecule has 0 unspecified atom stereocenters. The van der Waals surface area contributed by atoms with E-state index in [0.29, 0.717) is 6.54 Å². The molecule has 0 amide bonds. The predicted molar refractivity (Wildman–Crippen MR) is 41.7 cm³/mol. The van der Waals surface area contributed by atoms with E-state index in [2.05, 4.69) is 0 Å². The molecule has 0 aromatic heterocycles. The molecular weight excluding hydrogens is 172 g/mol. The van der Waals surface area contributed by atoms with Gasteiger partial charge in [0.05, 0.1) is 12.6 Å². The zero-order chi connectivity index (χ0) is 9.64. The Hall–Kier alpha value is -0.670. The van der Waals surface area contributed by atoms with Crippen molar-refractivity contribution in [1.29, 1.82) is 5.26 Å². The van der Waals surface area contributed by atoms with Crippen LogP contribution in [-0.2, 0) is 9.47 Å². The van der Waals surface area contributed by atoms with Gasteiger partial charge in [0.25, 0.3) is 0 Å². The number of hydrogen-bond acceptors (Lipinski definition) is 5. The van der Waals surface area contributed by atoms with Crippen LogP contribution in [0.15, 0.2) is 0 Å². The molecule has 2 aliphatic heterocycles. The molecule has 5 nitrogen and oxygen atoms in total. The number of hydroxylamine groups is 2. The maximum atomic E-state index is 9.32. The van der Waals surface area contributed by atoms with Crippen LogP contribution in [-0.4, -0.2) is 40.9 Å². The first kappa shape index (κ1) is 8.91. The Morgan fingerprint density at radius 2 is 2.23 bits per heavy atom. The summed E-state index contributed by atoms with van der Waals surface area (Å²) >= 11 is 0. The summed E-state index contributed by atoms with van der Waals surface area (Å²) in [5, 5.41) is 19.1. The van der Waals surface area contributed by atoms with Gasteiger partial charge in [-0.15, -0.1) is 0 Å². The van der Waals surface area contributed by atoms with Gasteiger partial charge in [-0.25, -0.2) is 0 Å². The highest BCUT2D eigenvalue weighted by molar-refractivity contribution is 5.07. The van der Waals surface area contributed by atoms with Crippen LogP contribution in [0.3, 0.4) is 0 Å². The van der Waals surface area contributed by atoms with Gasteiger partial charge in [-0.2, -0.15) is 10.3 Å². The van der Waals surface area contributed by atoms with Gasteiger partial charge in [0.1, 0.15) is 12.2 Å². The lowest BCUT2D eigenvalue weighted by Crippen LogP contribution is -2.35. The summed E-state index contributed by atoms with van der Waals surface area (Å²) < 4.78 is 11.0. The predicted octanol–water partition coefficient (Wildman–Crippen LogP) is 0.103. The van der Waals surface area contributed by atoms with Crippen molar-refractivity contribution < 1.29 is 14.7 Å². The average molecular weight is 184 g/mol. The number of nitrogens with zero attached hydrogens (tertiary/aromatic N) is 2. The summed E-state index contributed by atoms with van der Waals surface area (Å²) in [5.41, 5.74) is 0. The van der Waals surface area contributed by atoms with E-state index in [1.54, 1.807) is 0 Å². The average Bonchev–Trinajstić information content (AvgIpc) is 2.39. The molecule has 2 rings (SSSR count). The van der Waals surface area contributed by atoms with Crippen molar-refractivity contribution in [2.24, 2.45) is 0 Å². The van der Waals surface area contributed by atoms with E-state index in [1.165, 1.54) is 0 Å². The van der Waals surface area contributed by atoms with E-state index in [1.807, 2.05) is 19.9 Å². The summed E-state index contributed by atoms with van der Waals surface area (Å²) in [4.78, 5) is 0. The molecule has 0 saturated carbocycles. The number of rotatable bonds is 0. The van der Waals surface area contributed by atoms with E-state index >= 15 is 0 Å². The van der Waals surface area contributed by atoms with Crippen LogP contribution in [0.2, 0.25) is 0 Å². The highest BCUT2D eigenvalue weighted by Crippen LogP contribution is 2.35. The first-order valence-electron chi connectivity index (χ1n) is 4.24. The summed E-state index contributed by atoms with van der Waals surface area (Å²) in [5.74, 6) is -0.633. The first-order chi connectivity index (χ1) is 6.03. The van der Waals surface area contributed by atoms with E-state index in [9.17, 15) is 5.21 Å². The topological polar surface area (TPSA) is 65.7 Å². The second kappa shape index (κ2) is 2.66. The molecule has 0 bridgehead atoms. The van der Waals surface area contributed by atoms with Gasteiger partial charge in [0.2, 0.25) is 0 Å². The molecule has 13 heavy (non-hydrogen) atoms. The van der Waals surface area contributed by atoms with Gasteiger partial charge in [-0.1, -0.05) is 0 Å². The van der Waals surface area contributed by atoms with Gasteiger partial charge in [-0.05, 0) is 13.8 Å². The third-order valence-corrected chi connectivity index (χ3v) is 2.35. The fourth-order valence-corrected chi connectivity index (χ4v) is 1.88. The Bertz CT molecular complexity index is 261. The summed E-state index contributed by atoms with van der Waals surface area (Å²) in [7, 11) is 0. The highest BCUT2D eigenvalue weighted by atomic mass is 16.8. The Morgan fingerprint density at radius 1 is 1.54 bits per heavy atom. The smallest absolute Gasteiger partial charge is 0.163 e. The molecule has 5 heteroatoms. The van der Waals surface area contributed by atoms with Crippen LogP contribution < -0.4 is 0 Å². The fourth-order valence-electron chi connectivity index (χ4n) is 1.88. The Morgan fingerprint density at radius 3 is 2.85 bits per heavy atom. The minimum atomic E-state index is -0.633. The minimum Gasteiger partial charge on any atom is -0.343 e. The first-order valence-corrected chi connectivity index (χ1v) is 4.24. The van der Waals surface area contributed by atoms with Crippen molar-refractivity contribution >= 4 is 0 Å². The normalized spacial score (nSPS) is 43.1. The van der Waals surface area contributed by atoms with Crippen molar-refractivity contribution in [2.45, 2.75) is 37.9 Å². The molecule has 0 aromatic carbocycles. The monoisotopic (exact) mass is 184 g/mol. The minimum absolute atomic E-state index is 0.190. The lowest BCUT2D eigenvalue weighted by Gasteiger charge is -2.21. The van der Waals surface area contributed by atoms with Crippen molar-refractivity contribution in [3.63, 3.8) is 0 Å². The lowest BCUT2D eigenvalue weighted by atomic mass is 10.2. The molecule has 3 atom stereocenters. The molecule has 2 fully saturated rings.